The van der Waals surface area contributed by atoms with Crippen LogP contribution in [0.1, 0.15) is 13.3 Å². The van der Waals surface area contributed by atoms with Crippen molar-refractivity contribution in [3.05, 3.63) is 22.7 Å². The quantitative estimate of drug-likeness (QED) is 0.793. The Hall–Kier alpha value is -1.07. The molecule has 0 aromatic heterocycles. The summed E-state index contributed by atoms with van der Waals surface area (Å²) in [5.74, 6) is 0.0251. The Morgan fingerprint density at radius 1 is 1.39 bits per heavy atom. The van der Waals surface area contributed by atoms with Crippen LogP contribution in [0.2, 0.25) is 0 Å². The number of carbonyl (C=O) groups is 1. The van der Waals surface area contributed by atoms with E-state index in [1.807, 2.05) is 44.1 Å². The van der Waals surface area contributed by atoms with Gasteiger partial charge in [-0.05, 0) is 24.7 Å². The number of rotatable bonds is 6. The van der Waals surface area contributed by atoms with Gasteiger partial charge in [0.2, 0.25) is 5.91 Å². The van der Waals surface area contributed by atoms with Crippen LogP contribution in [0, 0.1) is 0 Å². The van der Waals surface area contributed by atoms with Gasteiger partial charge < -0.3 is 15.5 Å². The molecule has 5 heteroatoms. The van der Waals surface area contributed by atoms with Gasteiger partial charge in [0.15, 0.2) is 0 Å². The number of carbonyl (C=O) groups excluding carboxylic acids is 1. The van der Waals surface area contributed by atoms with Crippen molar-refractivity contribution in [1.82, 2.24) is 5.32 Å². The average molecular weight is 314 g/mol. The highest BCUT2D eigenvalue weighted by atomic mass is 79.9. The SMILES string of the molecule is CCNCCC(=O)Nc1cc(Br)ccc1N(C)C. The van der Waals surface area contributed by atoms with Gasteiger partial charge in [0, 0.05) is 31.5 Å². The van der Waals surface area contributed by atoms with E-state index in [4.69, 9.17) is 0 Å². The lowest BCUT2D eigenvalue weighted by Gasteiger charge is -2.18. The van der Waals surface area contributed by atoms with E-state index in [9.17, 15) is 4.79 Å². The summed E-state index contributed by atoms with van der Waals surface area (Å²) in [7, 11) is 3.91. The van der Waals surface area contributed by atoms with E-state index < -0.39 is 0 Å². The molecule has 0 spiro atoms. The predicted molar refractivity (Wildman–Crippen MR) is 80.3 cm³/mol. The largest absolute Gasteiger partial charge is 0.376 e. The van der Waals surface area contributed by atoms with Crippen molar-refractivity contribution in [2.45, 2.75) is 13.3 Å². The average Bonchev–Trinajstić information content (AvgIpc) is 2.29. The molecule has 1 aromatic carbocycles. The smallest absolute Gasteiger partial charge is 0.225 e. The molecular formula is C13H20BrN3O. The fourth-order valence-corrected chi connectivity index (χ4v) is 1.95. The number of hydrogen-bond donors (Lipinski definition) is 2. The summed E-state index contributed by atoms with van der Waals surface area (Å²) < 4.78 is 0.954. The maximum Gasteiger partial charge on any atom is 0.225 e. The highest BCUT2D eigenvalue weighted by Crippen LogP contribution is 2.28. The molecule has 0 heterocycles. The van der Waals surface area contributed by atoms with Crippen molar-refractivity contribution >= 4 is 33.2 Å². The number of amides is 1. The lowest BCUT2D eigenvalue weighted by atomic mass is 10.2. The third-order valence-electron chi connectivity index (χ3n) is 2.49. The zero-order chi connectivity index (χ0) is 13.5. The summed E-state index contributed by atoms with van der Waals surface area (Å²) in [4.78, 5) is 13.8. The molecule has 0 aliphatic heterocycles. The molecular weight excluding hydrogens is 294 g/mol. The van der Waals surface area contributed by atoms with Crippen LogP contribution in [-0.4, -0.2) is 33.1 Å². The number of anilines is 2. The van der Waals surface area contributed by atoms with Crippen LogP contribution in [-0.2, 0) is 4.79 Å². The van der Waals surface area contributed by atoms with Crippen LogP contribution in [0.25, 0.3) is 0 Å². The topological polar surface area (TPSA) is 44.4 Å². The van der Waals surface area contributed by atoms with Crippen molar-refractivity contribution in [2.75, 3.05) is 37.4 Å². The molecule has 0 aliphatic carbocycles. The zero-order valence-corrected chi connectivity index (χ0v) is 12.7. The normalized spacial score (nSPS) is 10.2. The third kappa shape index (κ3) is 4.66. The summed E-state index contributed by atoms with van der Waals surface area (Å²) in [6.07, 6.45) is 0.479. The zero-order valence-electron chi connectivity index (χ0n) is 11.1. The molecule has 1 rings (SSSR count). The fraction of sp³-hybridized carbons (Fsp3) is 0.462. The molecule has 1 amide bonds. The van der Waals surface area contributed by atoms with Crippen molar-refractivity contribution < 1.29 is 4.79 Å². The molecule has 4 nitrogen and oxygen atoms in total. The second kappa shape index (κ2) is 7.38. The number of nitrogens with zero attached hydrogens (tertiary/aromatic N) is 1. The van der Waals surface area contributed by atoms with Crippen LogP contribution in [0.4, 0.5) is 11.4 Å². The standard InChI is InChI=1S/C13H20BrN3O/c1-4-15-8-7-13(18)16-11-9-10(14)5-6-12(11)17(2)3/h5-6,9,15H,4,7-8H2,1-3H3,(H,16,18). The number of benzene rings is 1. The number of nitrogens with one attached hydrogen (secondary N) is 2. The Bertz CT molecular complexity index is 407. The van der Waals surface area contributed by atoms with Gasteiger partial charge in [-0.15, -0.1) is 0 Å². The molecule has 0 fully saturated rings. The van der Waals surface area contributed by atoms with Crippen LogP contribution in [0.15, 0.2) is 22.7 Å². The number of halogens is 1. The van der Waals surface area contributed by atoms with Gasteiger partial charge in [0.1, 0.15) is 0 Å². The molecule has 1 aromatic rings. The Morgan fingerprint density at radius 2 is 2.11 bits per heavy atom. The molecule has 0 radical (unpaired) electrons. The van der Waals surface area contributed by atoms with E-state index in [0.29, 0.717) is 13.0 Å². The Balaban J connectivity index is 2.70. The lowest BCUT2D eigenvalue weighted by Crippen LogP contribution is -2.22. The van der Waals surface area contributed by atoms with Crippen LogP contribution < -0.4 is 15.5 Å². The van der Waals surface area contributed by atoms with E-state index >= 15 is 0 Å². The number of hydrogen-bond acceptors (Lipinski definition) is 3. The monoisotopic (exact) mass is 313 g/mol. The molecule has 18 heavy (non-hydrogen) atoms. The van der Waals surface area contributed by atoms with E-state index in [1.165, 1.54) is 0 Å². The third-order valence-corrected chi connectivity index (χ3v) is 2.99. The van der Waals surface area contributed by atoms with Gasteiger partial charge in [-0.3, -0.25) is 4.79 Å². The Labute approximate surface area is 117 Å². The molecule has 100 valence electrons. The molecule has 0 saturated heterocycles. The molecule has 0 unspecified atom stereocenters. The Morgan fingerprint density at radius 3 is 2.72 bits per heavy atom. The first-order valence-electron chi connectivity index (χ1n) is 6.02. The lowest BCUT2D eigenvalue weighted by molar-refractivity contribution is -0.116. The Kier molecular flexibility index (Phi) is 6.15. The van der Waals surface area contributed by atoms with Crippen LogP contribution in [0.5, 0.6) is 0 Å². The summed E-state index contributed by atoms with van der Waals surface area (Å²) in [5.41, 5.74) is 1.82. The van der Waals surface area contributed by atoms with Gasteiger partial charge in [-0.25, -0.2) is 0 Å². The van der Waals surface area contributed by atoms with E-state index in [-0.39, 0.29) is 5.91 Å². The van der Waals surface area contributed by atoms with E-state index in [0.717, 1.165) is 22.4 Å². The predicted octanol–water partition coefficient (Wildman–Crippen LogP) is 2.45. The minimum absolute atomic E-state index is 0.0251. The van der Waals surface area contributed by atoms with Gasteiger partial charge in [0.25, 0.3) is 0 Å². The summed E-state index contributed by atoms with van der Waals surface area (Å²) in [5, 5.41) is 6.07. The maximum atomic E-state index is 11.8. The molecule has 2 N–H and O–H groups in total. The fourth-order valence-electron chi connectivity index (χ4n) is 1.59. The second-order valence-corrected chi connectivity index (χ2v) is 5.12. The minimum atomic E-state index is 0.0251. The van der Waals surface area contributed by atoms with Crippen molar-refractivity contribution in [3.63, 3.8) is 0 Å². The first-order valence-corrected chi connectivity index (χ1v) is 6.81. The first-order chi connectivity index (χ1) is 8.54. The van der Waals surface area contributed by atoms with Gasteiger partial charge >= 0.3 is 0 Å². The molecule has 0 saturated carbocycles. The van der Waals surface area contributed by atoms with Gasteiger partial charge in [-0.1, -0.05) is 22.9 Å². The van der Waals surface area contributed by atoms with Gasteiger partial charge in [-0.2, -0.15) is 0 Å². The first kappa shape index (κ1) is 15.0. The highest BCUT2D eigenvalue weighted by Gasteiger charge is 2.08. The van der Waals surface area contributed by atoms with Crippen molar-refractivity contribution in [2.24, 2.45) is 0 Å². The minimum Gasteiger partial charge on any atom is -0.376 e. The van der Waals surface area contributed by atoms with Crippen molar-refractivity contribution in [1.29, 1.82) is 0 Å². The summed E-state index contributed by atoms with van der Waals surface area (Å²) in [6.45, 7) is 3.61. The van der Waals surface area contributed by atoms with Crippen LogP contribution in [0.3, 0.4) is 0 Å². The maximum absolute atomic E-state index is 11.8. The van der Waals surface area contributed by atoms with E-state index in [2.05, 4.69) is 26.6 Å². The van der Waals surface area contributed by atoms with Crippen LogP contribution >= 0.6 is 15.9 Å². The molecule has 0 bridgehead atoms. The molecule has 0 aliphatic rings. The summed E-state index contributed by atoms with van der Waals surface area (Å²) >= 11 is 3.42. The second-order valence-electron chi connectivity index (χ2n) is 4.21. The van der Waals surface area contributed by atoms with E-state index in [1.54, 1.807) is 0 Å². The van der Waals surface area contributed by atoms with Crippen molar-refractivity contribution in [3.8, 4) is 0 Å². The highest BCUT2D eigenvalue weighted by molar-refractivity contribution is 9.10. The molecule has 0 atom stereocenters. The summed E-state index contributed by atoms with van der Waals surface area (Å²) in [6, 6.07) is 5.86. The van der Waals surface area contributed by atoms with Gasteiger partial charge in [0.05, 0.1) is 11.4 Å².